The summed E-state index contributed by atoms with van der Waals surface area (Å²) in [5, 5.41) is 13.0. The van der Waals surface area contributed by atoms with Crippen molar-refractivity contribution in [2.75, 3.05) is 13.1 Å². The van der Waals surface area contributed by atoms with Crippen LogP contribution in [0.5, 0.6) is 0 Å². The van der Waals surface area contributed by atoms with Crippen LogP contribution in [0.4, 0.5) is 4.79 Å². The number of oxime groups is 1. The van der Waals surface area contributed by atoms with Gasteiger partial charge in [0.25, 0.3) is 0 Å². The van der Waals surface area contributed by atoms with Gasteiger partial charge in [-0.2, -0.15) is 0 Å². The van der Waals surface area contributed by atoms with E-state index in [9.17, 15) is 9.59 Å². The molecule has 0 aromatic rings. The highest BCUT2D eigenvalue weighted by Crippen LogP contribution is 2.49. The number of aliphatic carboxylic acids is 1. The van der Waals surface area contributed by atoms with E-state index in [1.54, 1.807) is 4.90 Å². The first-order valence-corrected chi connectivity index (χ1v) is 8.17. The second-order valence-corrected chi connectivity index (χ2v) is 7.78. The van der Waals surface area contributed by atoms with Gasteiger partial charge in [0, 0.05) is 31.3 Å². The summed E-state index contributed by atoms with van der Waals surface area (Å²) in [6, 6.07) is 0. The van der Waals surface area contributed by atoms with Crippen molar-refractivity contribution >= 4 is 17.8 Å². The summed E-state index contributed by atoms with van der Waals surface area (Å²) in [5.41, 5.74) is -0.984. The molecule has 3 aliphatic rings. The van der Waals surface area contributed by atoms with E-state index in [4.69, 9.17) is 14.7 Å². The summed E-state index contributed by atoms with van der Waals surface area (Å²) in [6.45, 7) is 6.63. The number of nitrogens with zero attached hydrogens (tertiary/aromatic N) is 2. The van der Waals surface area contributed by atoms with Crippen LogP contribution < -0.4 is 0 Å². The highest BCUT2D eigenvalue weighted by atomic mass is 16.7. The molecule has 7 nitrogen and oxygen atoms in total. The number of likely N-dealkylation sites (tertiary alicyclic amines) is 1. The topological polar surface area (TPSA) is 88.4 Å². The zero-order valence-corrected chi connectivity index (χ0v) is 13.9. The van der Waals surface area contributed by atoms with Crippen LogP contribution in [0.25, 0.3) is 0 Å². The summed E-state index contributed by atoms with van der Waals surface area (Å²) >= 11 is 0. The summed E-state index contributed by atoms with van der Waals surface area (Å²) in [4.78, 5) is 31.0. The highest BCUT2D eigenvalue weighted by Gasteiger charge is 2.58. The second-order valence-electron chi connectivity index (χ2n) is 7.78. The zero-order chi connectivity index (χ0) is 16.8. The average molecular weight is 324 g/mol. The van der Waals surface area contributed by atoms with Gasteiger partial charge >= 0.3 is 12.1 Å². The predicted octanol–water partition coefficient (Wildman–Crippen LogP) is 2.25. The van der Waals surface area contributed by atoms with E-state index < -0.39 is 17.2 Å². The number of carboxylic acid groups (broad SMARTS) is 1. The molecule has 3 atom stereocenters. The molecule has 23 heavy (non-hydrogen) atoms. The van der Waals surface area contributed by atoms with E-state index in [-0.39, 0.29) is 23.6 Å². The molecule has 2 heterocycles. The van der Waals surface area contributed by atoms with Gasteiger partial charge in [-0.15, -0.1) is 0 Å². The number of hydrogen-bond donors (Lipinski definition) is 1. The molecule has 3 rings (SSSR count). The fourth-order valence-electron chi connectivity index (χ4n) is 4.03. The minimum atomic E-state index is -1.02. The molecule has 1 aliphatic carbocycles. The largest absolute Gasteiger partial charge is 0.477 e. The fraction of sp³-hybridized carbons (Fsp3) is 0.812. The van der Waals surface area contributed by atoms with E-state index >= 15 is 0 Å². The molecule has 0 aromatic heterocycles. The molecule has 1 saturated carbocycles. The van der Waals surface area contributed by atoms with Crippen molar-refractivity contribution in [1.29, 1.82) is 0 Å². The number of ether oxygens (including phenoxy) is 1. The molecule has 1 spiro atoms. The normalized spacial score (nSPS) is 33.2. The Morgan fingerprint density at radius 3 is 2.39 bits per heavy atom. The Kier molecular flexibility index (Phi) is 3.77. The van der Waals surface area contributed by atoms with Crippen LogP contribution in [-0.4, -0.2) is 52.1 Å². The Hall–Kier alpha value is -1.79. The van der Waals surface area contributed by atoms with Crippen LogP contribution in [0.3, 0.4) is 0 Å². The molecule has 1 saturated heterocycles. The summed E-state index contributed by atoms with van der Waals surface area (Å²) < 4.78 is 5.48. The molecule has 2 fully saturated rings. The number of amides is 1. The van der Waals surface area contributed by atoms with E-state index in [0.717, 1.165) is 19.3 Å². The lowest BCUT2D eigenvalue weighted by Crippen LogP contribution is -2.61. The lowest BCUT2D eigenvalue weighted by molar-refractivity contribution is -0.159. The van der Waals surface area contributed by atoms with E-state index in [0.29, 0.717) is 19.5 Å². The first kappa shape index (κ1) is 16.1. The van der Waals surface area contributed by atoms with Gasteiger partial charge in [0.2, 0.25) is 0 Å². The van der Waals surface area contributed by atoms with Gasteiger partial charge in [0.15, 0.2) is 11.3 Å². The number of rotatable bonds is 1. The number of hydrogen-bond acceptors (Lipinski definition) is 5. The minimum absolute atomic E-state index is 0.0904. The van der Waals surface area contributed by atoms with Gasteiger partial charge in [-0.1, -0.05) is 11.6 Å². The molecule has 1 amide bonds. The Morgan fingerprint density at radius 2 is 1.91 bits per heavy atom. The van der Waals surface area contributed by atoms with Crippen LogP contribution in [-0.2, 0) is 14.4 Å². The first-order valence-electron chi connectivity index (χ1n) is 8.17. The van der Waals surface area contributed by atoms with Gasteiger partial charge in [-0.05, 0) is 33.6 Å². The molecule has 7 heteroatoms. The van der Waals surface area contributed by atoms with Gasteiger partial charge in [0.05, 0.1) is 0 Å². The van der Waals surface area contributed by atoms with E-state index in [1.807, 2.05) is 20.8 Å². The Bertz CT molecular complexity index is 537. The van der Waals surface area contributed by atoms with Crippen molar-refractivity contribution in [3.8, 4) is 0 Å². The third kappa shape index (κ3) is 2.88. The van der Waals surface area contributed by atoms with Crippen molar-refractivity contribution in [3.05, 3.63) is 0 Å². The lowest BCUT2D eigenvalue weighted by atomic mass is 9.64. The zero-order valence-electron chi connectivity index (χ0n) is 13.9. The molecule has 1 N–H and O–H groups in total. The van der Waals surface area contributed by atoms with Crippen LogP contribution >= 0.6 is 0 Å². The third-order valence-electron chi connectivity index (χ3n) is 5.04. The first-order chi connectivity index (χ1) is 10.7. The summed E-state index contributed by atoms with van der Waals surface area (Å²) in [7, 11) is 0. The average Bonchev–Trinajstić information content (AvgIpc) is 2.82. The van der Waals surface area contributed by atoms with Gasteiger partial charge < -0.3 is 19.6 Å². The maximum absolute atomic E-state index is 12.4. The Balaban J connectivity index is 1.75. The van der Waals surface area contributed by atoms with Crippen molar-refractivity contribution < 1.29 is 24.3 Å². The van der Waals surface area contributed by atoms with Crippen molar-refractivity contribution in [1.82, 2.24) is 4.90 Å². The Morgan fingerprint density at radius 1 is 1.30 bits per heavy atom. The number of carboxylic acids is 1. The summed E-state index contributed by atoms with van der Waals surface area (Å²) in [6.07, 6.45) is 2.93. The molecule has 0 aromatic carbocycles. The van der Waals surface area contributed by atoms with Crippen molar-refractivity contribution in [2.24, 2.45) is 17.0 Å². The smallest absolute Gasteiger partial charge is 0.410 e. The second kappa shape index (κ2) is 5.39. The standard InChI is InChI=1S/C16H24N2O5/c1-15(2,3)22-14(21)18-8-10-5-4-6-11(9-18)16(10)7-12(13(19)20)17-23-16/h10-11H,4-9H2,1-3H3,(H,19,20)/t10-,11+,16?. The molecular formula is C16H24N2O5. The molecule has 1 unspecified atom stereocenters. The molecule has 2 bridgehead atoms. The monoisotopic (exact) mass is 324 g/mol. The fourth-order valence-corrected chi connectivity index (χ4v) is 4.03. The molecule has 2 aliphatic heterocycles. The van der Waals surface area contributed by atoms with E-state index in [2.05, 4.69) is 5.16 Å². The molecule has 128 valence electrons. The number of carbonyl (C=O) groups is 2. The summed E-state index contributed by atoms with van der Waals surface area (Å²) in [5.74, 6) is -0.819. The number of carbonyl (C=O) groups excluding carboxylic acids is 1. The van der Waals surface area contributed by atoms with Crippen LogP contribution in [0, 0.1) is 11.8 Å². The van der Waals surface area contributed by atoms with Crippen molar-refractivity contribution in [2.45, 2.75) is 57.7 Å². The SMILES string of the molecule is CC(C)(C)OC(=O)N1C[C@H]2CCC[C@@H](C1)C21CC(C(=O)O)=NO1. The van der Waals surface area contributed by atoms with Crippen LogP contribution in [0.15, 0.2) is 5.16 Å². The van der Waals surface area contributed by atoms with Crippen molar-refractivity contribution in [3.63, 3.8) is 0 Å². The van der Waals surface area contributed by atoms with Crippen LogP contribution in [0.1, 0.15) is 46.5 Å². The quantitative estimate of drug-likeness (QED) is 0.799. The number of piperidine rings is 1. The minimum Gasteiger partial charge on any atom is -0.477 e. The maximum atomic E-state index is 12.4. The van der Waals surface area contributed by atoms with Gasteiger partial charge in [0.1, 0.15) is 5.60 Å². The molecule has 0 radical (unpaired) electrons. The van der Waals surface area contributed by atoms with Gasteiger partial charge in [-0.3, -0.25) is 0 Å². The predicted molar refractivity (Wildman–Crippen MR) is 82.1 cm³/mol. The third-order valence-corrected chi connectivity index (χ3v) is 5.04. The highest BCUT2D eigenvalue weighted by molar-refractivity contribution is 6.36. The van der Waals surface area contributed by atoms with Crippen LogP contribution in [0.2, 0.25) is 0 Å². The maximum Gasteiger partial charge on any atom is 0.410 e. The van der Waals surface area contributed by atoms with E-state index in [1.165, 1.54) is 0 Å². The molecular weight excluding hydrogens is 300 g/mol. The lowest BCUT2D eigenvalue weighted by Gasteiger charge is -2.51. The van der Waals surface area contributed by atoms with Gasteiger partial charge in [-0.25, -0.2) is 9.59 Å². The Labute approximate surface area is 135 Å².